The van der Waals surface area contributed by atoms with Crippen LogP contribution in [0, 0.1) is 11.6 Å². The van der Waals surface area contributed by atoms with E-state index in [1.165, 1.54) is 12.5 Å². The average Bonchev–Trinajstić information content (AvgIpc) is 2.40. The van der Waals surface area contributed by atoms with Gasteiger partial charge >= 0.3 is 0 Å². The van der Waals surface area contributed by atoms with Gasteiger partial charge in [0.05, 0.1) is 6.10 Å². The summed E-state index contributed by atoms with van der Waals surface area (Å²) in [5.74, 6) is -1.82. The largest absolute Gasteiger partial charge is 0.387 e. The molecule has 1 aromatic carbocycles. The maximum Gasteiger partial charge on any atom is 0.159 e. The third kappa shape index (κ3) is 3.48. The van der Waals surface area contributed by atoms with E-state index in [0.717, 1.165) is 38.1 Å². The van der Waals surface area contributed by atoms with E-state index >= 15 is 0 Å². The number of hydrogen-bond acceptors (Lipinski definition) is 3. The molecule has 1 unspecified atom stereocenters. The minimum Gasteiger partial charge on any atom is -0.387 e. The Balaban J connectivity index is 1.86. The zero-order valence-corrected chi connectivity index (χ0v) is 10.2. The molecule has 1 aliphatic rings. The fourth-order valence-electron chi connectivity index (χ4n) is 2.11. The van der Waals surface area contributed by atoms with Crippen molar-refractivity contribution >= 4 is 0 Å². The van der Waals surface area contributed by atoms with Crippen LogP contribution < -0.4 is 5.43 Å². The van der Waals surface area contributed by atoms with Crippen LogP contribution in [0.2, 0.25) is 0 Å². The number of nitrogens with one attached hydrogen (secondary N) is 1. The van der Waals surface area contributed by atoms with Gasteiger partial charge in [-0.3, -0.25) is 5.43 Å². The Morgan fingerprint density at radius 2 is 1.89 bits per heavy atom. The molecule has 18 heavy (non-hydrogen) atoms. The minimum absolute atomic E-state index is 0.311. The first-order valence-electron chi connectivity index (χ1n) is 6.28. The first kappa shape index (κ1) is 13.4. The molecular formula is C13H18F2N2O. The second kappa shape index (κ2) is 6.22. The predicted molar refractivity (Wildman–Crippen MR) is 64.7 cm³/mol. The Bertz CT molecular complexity index is 395. The Hall–Kier alpha value is -1.04. The van der Waals surface area contributed by atoms with Gasteiger partial charge in [-0.25, -0.2) is 13.8 Å². The van der Waals surface area contributed by atoms with Crippen molar-refractivity contribution < 1.29 is 13.9 Å². The molecule has 0 spiro atoms. The molecule has 1 aliphatic heterocycles. The number of nitrogens with zero attached hydrogens (tertiary/aromatic N) is 1. The lowest BCUT2D eigenvalue weighted by Gasteiger charge is -2.28. The summed E-state index contributed by atoms with van der Waals surface area (Å²) in [5, 5.41) is 12.0. The summed E-state index contributed by atoms with van der Waals surface area (Å²) in [6.07, 6.45) is 2.70. The van der Waals surface area contributed by atoms with Crippen LogP contribution in [0.1, 0.15) is 30.9 Å². The smallest absolute Gasteiger partial charge is 0.159 e. The highest BCUT2D eigenvalue weighted by Gasteiger charge is 2.14. The second-order valence-corrected chi connectivity index (χ2v) is 4.60. The maximum atomic E-state index is 13.0. The van der Waals surface area contributed by atoms with E-state index in [0.29, 0.717) is 12.1 Å². The predicted octanol–water partition coefficient (Wildman–Crippen LogP) is 1.99. The molecule has 1 aromatic rings. The van der Waals surface area contributed by atoms with Crippen molar-refractivity contribution in [2.75, 3.05) is 19.6 Å². The Morgan fingerprint density at radius 3 is 2.56 bits per heavy atom. The molecule has 0 bridgehead atoms. The van der Waals surface area contributed by atoms with Gasteiger partial charge in [0.1, 0.15) is 0 Å². The van der Waals surface area contributed by atoms with Crippen LogP contribution in [0.3, 0.4) is 0 Å². The van der Waals surface area contributed by atoms with Gasteiger partial charge in [-0.15, -0.1) is 0 Å². The number of aliphatic hydroxyl groups is 1. The van der Waals surface area contributed by atoms with Crippen molar-refractivity contribution in [1.82, 2.24) is 10.4 Å². The molecule has 1 atom stereocenters. The molecule has 2 N–H and O–H groups in total. The number of piperidine rings is 1. The van der Waals surface area contributed by atoms with Crippen LogP contribution in [-0.4, -0.2) is 29.7 Å². The molecule has 3 nitrogen and oxygen atoms in total. The van der Waals surface area contributed by atoms with Crippen molar-refractivity contribution in [2.24, 2.45) is 0 Å². The van der Waals surface area contributed by atoms with E-state index in [1.807, 2.05) is 0 Å². The lowest BCUT2D eigenvalue weighted by atomic mass is 10.1. The quantitative estimate of drug-likeness (QED) is 0.864. The molecule has 2 rings (SSSR count). The molecule has 0 saturated carbocycles. The van der Waals surface area contributed by atoms with E-state index in [2.05, 4.69) is 10.4 Å². The van der Waals surface area contributed by atoms with E-state index < -0.39 is 17.7 Å². The van der Waals surface area contributed by atoms with Crippen molar-refractivity contribution in [3.8, 4) is 0 Å². The SMILES string of the molecule is OC(CNN1CCCCC1)c1ccc(F)c(F)c1. The molecule has 1 saturated heterocycles. The maximum absolute atomic E-state index is 13.0. The van der Waals surface area contributed by atoms with Crippen LogP contribution in [0.5, 0.6) is 0 Å². The summed E-state index contributed by atoms with van der Waals surface area (Å²) in [5.41, 5.74) is 3.51. The normalized spacial score (nSPS) is 18.8. The average molecular weight is 256 g/mol. The molecule has 0 aromatic heterocycles. The molecule has 1 fully saturated rings. The Kier molecular flexibility index (Phi) is 4.63. The fourth-order valence-corrected chi connectivity index (χ4v) is 2.11. The van der Waals surface area contributed by atoms with Gasteiger partial charge in [-0.2, -0.15) is 0 Å². The summed E-state index contributed by atoms with van der Waals surface area (Å²) >= 11 is 0. The van der Waals surface area contributed by atoms with Gasteiger partial charge in [-0.05, 0) is 30.5 Å². The molecule has 5 heteroatoms. The monoisotopic (exact) mass is 256 g/mol. The van der Waals surface area contributed by atoms with Crippen LogP contribution in [-0.2, 0) is 0 Å². The molecule has 1 heterocycles. The fraction of sp³-hybridized carbons (Fsp3) is 0.538. The van der Waals surface area contributed by atoms with Gasteiger partial charge in [-0.1, -0.05) is 12.5 Å². The van der Waals surface area contributed by atoms with Crippen molar-refractivity contribution in [1.29, 1.82) is 0 Å². The number of hydrogen-bond donors (Lipinski definition) is 2. The summed E-state index contributed by atoms with van der Waals surface area (Å²) in [7, 11) is 0. The second-order valence-electron chi connectivity index (χ2n) is 4.60. The summed E-state index contributed by atoms with van der Waals surface area (Å²) in [6, 6.07) is 3.48. The number of aliphatic hydroxyl groups excluding tert-OH is 1. The minimum atomic E-state index is -0.926. The van der Waals surface area contributed by atoms with E-state index in [-0.39, 0.29) is 0 Å². The van der Waals surface area contributed by atoms with E-state index in [1.54, 1.807) is 0 Å². The van der Waals surface area contributed by atoms with Crippen molar-refractivity contribution in [3.63, 3.8) is 0 Å². The lowest BCUT2D eigenvalue weighted by Crippen LogP contribution is -2.43. The van der Waals surface area contributed by atoms with E-state index in [9.17, 15) is 13.9 Å². The number of benzene rings is 1. The van der Waals surface area contributed by atoms with Crippen molar-refractivity contribution in [3.05, 3.63) is 35.4 Å². The van der Waals surface area contributed by atoms with Crippen molar-refractivity contribution in [2.45, 2.75) is 25.4 Å². The number of halogens is 2. The molecule has 0 radical (unpaired) electrons. The highest BCUT2D eigenvalue weighted by Crippen LogP contribution is 2.16. The molecular weight excluding hydrogens is 238 g/mol. The standard InChI is InChI=1S/C13H18F2N2O/c14-11-5-4-10(8-12(11)15)13(18)9-16-17-6-2-1-3-7-17/h4-5,8,13,16,18H,1-3,6-7,9H2. The zero-order chi connectivity index (χ0) is 13.0. The van der Waals surface area contributed by atoms with Gasteiger partial charge in [0.25, 0.3) is 0 Å². The number of rotatable bonds is 4. The van der Waals surface area contributed by atoms with Crippen LogP contribution in [0.4, 0.5) is 8.78 Å². The third-order valence-electron chi connectivity index (χ3n) is 3.19. The zero-order valence-electron chi connectivity index (χ0n) is 10.2. The van der Waals surface area contributed by atoms with Crippen LogP contribution >= 0.6 is 0 Å². The highest BCUT2D eigenvalue weighted by atomic mass is 19.2. The number of hydrazine groups is 1. The molecule has 0 aliphatic carbocycles. The van der Waals surface area contributed by atoms with Gasteiger partial charge in [0.2, 0.25) is 0 Å². The third-order valence-corrected chi connectivity index (χ3v) is 3.19. The first-order valence-corrected chi connectivity index (χ1v) is 6.28. The summed E-state index contributed by atoms with van der Waals surface area (Å²) < 4.78 is 25.8. The molecule has 0 amide bonds. The summed E-state index contributed by atoms with van der Waals surface area (Å²) in [4.78, 5) is 0. The molecule has 100 valence electrons. The lowest BCUT2D eigenvalue weighted by molar-refractivity contribution is 0.0994. The summed E-state index contributed by atoms with van der Waals surface area (Å²) in [6.45, 7) is 2.24. The first-order chi connectivity index (χ1) is 8.66. The highest BCUT2D eigenvalue weighted by molar-refractivity contribution is 5.20. The van der Waals surface area contributed by atoms with Crippen LogP contribution in [0.25, 0.3) is 0 Å². The van der Waals surface area contributed by atoms with Crippen LogP contribution in [0.15, 0.2) is 18.2 Å². The topological polar surface area (TPSA) is 35.5 Å². The van der Waals surface area contributed by atoms with Gasteiger partial charge in [0, 0.05) is 19.6 Å². The van der Waals surface area contributed by atoms with E-state index in [4.69, 9.17) is 0 Å². The van der Waals surface area contributed by atoms with Gasteiger partial charge in [0.15, 0.2) is 11.6 Å². The Morgan fingerprint density at radius 1 is 1.17 bits per heavy atom. The van der Waals surface area contributed by atoms with Gasteiger partial charge < -0.3 is 5.11 Å². The Labute approximate surface area is 105 Å².